The molecule has 2 saturated heterocycles. The molecule has 1 unspecified atom stereocenters. The van der Waals surface area contributed by atoms with E-state index < -0.39 is 11.7 Å². The highest BCUT2D eigenvalue weighted by Crippen LogP contribution is 2.48. The van der Waals surface area contributed by atoms with Crippen molar-refractivity contribution < 1.29 is 14.3 Å². The van der Waals surface area contributed by atoms with E-state index in [0.29, 0.717) is 26.1 Å². The van der Waals surface area contributed by atoms with E-state index in [-0.39, 0.29) is 17.1 Å². The lowest BCUT2D eigenvalue weighted by Crippen LogP contribution is -2.43. The lowest BCUT2D eigenvalue weighted by Gasteiger charge is -2.37. The van der Waals surface area contributed by atoms with Crippen LogP contribution in [0.5, 0.6) is 0 Å². The third-order valence-corrected chi connectivity index (χ3v) is 4.73. The Morgan fingerprint density at radius 1 is 1.17 bits per heavy atom. The van der Waals surface area contributed by atoms with Crippen molar-refractivity contribution in [2.45, 2.75) is 24.5 Å². The fraction of sp³-hybridized carbons (Fsp3) is 0.353. The molecule has 0 N–H and O–H groups in total. The molecule has 0 aliphatic carbocycles. The van der Waals surface area contributed by atoms with Crippen LogP contribution in [-0.4, -0.2) is 34.9 Å². The number of hydrogen-bond donors (Lipinski definition) is 0. The number of aromatic nitrogens is 2. The first-order valence-corrected chi connectivity index (χ1v) is 8.21. The molecular formula is C17H16ClN3O3. The van der Waals surface area contributed by atoms with Crippen molar-refractivity contribution in [2.75, 3.05) is 18.1 Å². The van der Waals surface area contributed by atoms with Crippen molar-refractivity contribution in [2.24, 2.45) is 0 Å². The summed E-state index contributed by atoms with van der Waals surface area (Å²) in [5, 5.41) is 0.285. The fourth-order valence-electron chi connectivity index (χ4n) is 3.44. The van der Waals surface area contributed by atoms with E-state index in [1.165, 1.54) is 11.1 Å². The van der Waals surface area contributed by atoms with E-state index in [2.05, 4.69) is 9.97 Å². The molecule has 1 amide bonds. The van der Waals surface area contributed by atoms with E-state index in [9.17, 15) is 4.79 Å². The summed E-state index contributed by atoms with van der Waals surface area (Å²) >= 11 is 5.99. The van der Waals surface area contributed by atoms with Crippen LogP contribution < -0.4 is 4.90 Å². The maximum Gasteiger partial charge on any atom is 0.418 e. The summed E-state index contributed by atoms with van der Waals surface area (Å²) in [7, 11) is 0. The third-order valence-electron chi connectivity index (χ3n) is 4.52. The Balaban J connectivity index is 1.83. The quantitative estimate of drug-likeness (QED) is 0.781. The van der Waals surface area contributed by atoms with Crippen molar-refractivity contribution in [3.05, 3.63) is 53.3 Å². The summed E-state index contributed by atoms with van der Waals surface area (Å²) in [6.07, 6.45) is 2.35. The first-order chi connectivity index (χ1) is 11.7. The normalized spacial score (nSPS) is 22.6. The second kappa shape index (κ2) is 6.03. The van der Waals surface area contributed by atoms with E-state index in [1.807, 2.05) is 30.3 Å². The zero-order valence-electron chi connectivity index (χ0n) is 12.9. The molecule has 0 bridgehead atoms. The van der Waals surface area contributed by atoms with Gasteiger partial charge in [0.05, 0.1) is 13.2 Å². The highest BCUT2D eigenvalue weighted by atomic mass is 35.5. The Morgan fingerprint density at radius 3 is 2.62 bits per heavy atom. The molecule has 2 aromatic rings. The predicted octanol–water partition coefficient (Wildman–Crippen LogP) is 3.38. The second-order valence-electron chi connectivity index (χ2n) is 5.91. The highest BCUT2D eigenvalue weighted by Gasteiger charge is 2.56. The van der Waals surface area contributed by atoms with Crippen LogP contribution in [0.15, 0.2) is 42.6 Å². The summed E-state index contributed by atoms with van der Waals surface area (Å²) in [5.41, 5.74) is 0.344. The SMILES string of the molecule is O=C1OC2(CCOCC2)C(c2ccccc2)N1c1nccc(Cl)n1. The Labute approximate surface area is 144 Å². The average Bonchev–Trinajstić information content (AvgIpc) is 2.88. The molecular weight excluding hydrogens is 330 g/mol. The standard InChI is InChI=1S/C17H16ClN3O3/c18-13-6-9-19-15(20-13)21-14(12-4-2-1-3-5-12)17(24-16(21)22)7-10-23-11-8-17/h1-6,9,14H,7-8,10-11H2. The smallest absolute Gasteiger partial charge is 0.418 e. The van der Waals surface area contributed by atoms with Gasteiger partial charge in [0, 0.05) is 19.0 Å². The molecule has 1 atom stereocenters. The number of amides is 1. The van der Waals surface area contributed by atoms with Gasteiger partial charge < -0.3 is 9.47 Å². The van der Waals surface area contributed by atoms with Crippen LogP contribution in [0, 0.1) is 0 Å². The molecule has 0 saturated carbocycles. The summed E-state index contributed by atoms with van der Waals surface area (Å²) < 4.78 is 11.3. The van der Waals surface area contributed by atoms with Crippen LogP contribution in [0.3, 0.4) is 0 Å². The second-order valence-corrected chi connectivity index (χ2v) is 6.29. The van der Waals surface area contributed by atoms with Gasteiger partial charge in [-0.1, -0.05) is 41.9 Å². The fourth-order valence-corrected chi connectivity index (χ4v) is 3.57. The molecule has 1 aromatic heterocycles. The molecule has 2 aliphatic heterocycles. The van der Waals surface area contributed by atoms with Crippen LogP contribution in [-0.2, 0) is 9.47 Å². The average molecular weight is 346 g/mol. The number of halogens is 1. The van der Waals surface area contributed by atoms with Crippen LogP contribution in [0.1, 0.15) is 24.4 Å². The summed E-state index contributed by atoms with van der Waals surface area (Å²) in [6.45, 7) is 1.11. The molecule has 1 aromatic carbocycles. The van der Waals surface area contributed by atoms with Gasteiger partial charge in [0.1, 0.15) is 16.8 Å². The maximum absolute atomic E-state index is 12.7. The zero-order valence-corrected chi connectivity index (χ0v) is 13.6. The van der Waals surface area contributed by atoms with Crippen molar-refractivity contribution in [1.82, 2.24) is 9.97 Å². The molecule has 4 rings (SSSR count). The molecule has 124 valence electrons. The molecule has 0 radical (unpaired) electrons. The number of hydrogen-bond acceptors (Lipinski definition) is 5. The lowest BCUT2D eigenvalue weighted by molar-refractivity contribution is -0.0590. The summed E-state index contributed by atoms with van der Waals surface area (Å²) in [4.78, 5) is 22.6. The van der Waals surface area contributed by atoms with Gasteiger partial charge in [0.2, 0.25) is 5.95 Å². The summed E-state index contributed by atoms with van der Waals surface area (Å²) in [5.74, 6) is 0.254. The number of carbonyl (C=O) groups is 1. The van der Waals surface area contributed by atoms with Gasteiger partial charge in [0.25, 0.3) is 0 Å². The van der Waals surface area contributed by atoms with E-state index in [1.54, 1.807) is 6.07 Å². The first-order valence-electron chi connectivity index (χ1n) is 7.83. The Bertz CT molecular complexity index is 750. The van der Waals surface area contributed by atoms with Gasteiger partial charge in [-0.2, -0.15) is 0 Å². The molecule has 2 fully saturated rings. The van der Waals surface area contributed by atoms with Gasteiger partial charge in [-0.15, -0.1) is 0 Å². The Hall–Kier alpha value is -2.18. The summed E-state index contributed by atoms with van der Waals surface area (Å²) in [6, 6.07) is 11.1. The number of ether oxygens (including phenoxy) is 2. The number of nitrogens with zero attached hydrogens (tertiary/aromatic N) is 3. The largest absolute Gasteiger partial charge is 0.440 e. The topological polar surface area (TPSA) is 64.6 Å². The number of anilines is 1. The van der Waals surface area contributed by atoms with Gasteiger partial charge in [-0.05, 0) is 11.6 Å². The van der Waals surface area contributed by atoms with Crippen molar-refractivity contribution in [1.29, 1.82) is 0 Å². The molecule has 6 nitrogen and oxygen atoms in total. The van der Waals surface area contributed by atoms with E-state index in [4.69, 9.17) is 21.1 Å². The van der Waals surface area contributed by atoms with Gasteiger partial charge >= 0.3 is 6.09 Å². The minimum Gasteiger partial charge on any atom is -0.440 e. The number of carbonyl (C=O) groups excluding carboxylic acids is 1. The van der Waals surface area contributed by atoms with Crippen molar-refractivity contribution in [3.63, 3.8) is 0 Å². The van der Waals surface area contributed by atoms with Crippen molar-refractivity contribution in [3.8, 4) is 0 Å². The molecule has 7 heteroatoms. The minimum absolute atomic E-state index is 0.254. The number of benzene rings is 1. The van der Waals surface area contributed by atoms with Gasteiger partial charge in [-0.3, -0.25) is 0 Å². The van der Waals surface area contributed by atoms with Crippen LogP contribution in [0.4, 0.5) is 10.7 Å². The number of rotatable bonds is 2. The lowest BCUT2D eigenvalue weighted by atomic mass is 9.82. The molecule has 1 spiro atoms. The monoisotopic (exact) mass is 345 g/mol. The third kappa shape index (κ3) is 2.52. The van der Waals surface area contributed by atoms with E-state index >= 15 is 0 Å². The Kier molecular flexibility index (Phi) is 3.86. The van der Waals surface area contributed by atoms with Gasteiger partial charge in [-0.25, -0.2) is 19.7 Å². The molecule has 24 heavy (non-hydrogen) atoms. The van der Waals surface area contributed by atoms with Crippen molar-refractivity contribution >= 4 is 23.6 Å². The van der Waals surface area contributed by atoms with Crippen LogP contribution in [0.25, 0.3) is 0 Å². The minimum atomic E-state index is -0.637. The van der Waals surface area contributed by atoms with Crippen LogP contribution >= 0.6 is 11.6 Å². The Morgan fingerprint density at radius 2 is 1.92 bits per heavy atom. The molecule has 3 heterocycles. The van der Waals surface area contributed by atoms with Crippen LogP contribution in [0.2, 0.25) is 5.15 Å². The maximum atomic E-state index is 12.7. The molecule has 2 aliphatic rings. The van der Waals surface area contributed by atoms with E-state index in [0.717, 1.165) is 5.56 Å². The van der Waals surface area contributed by atoms with Gasteiger partial charge in [0.15, 0.2) is 0 Å². The zero-order chi connectivity index (χ0) is 16.6. The first kappa shape index (κ1) is 15.4. The predicted molar refractivity (Wildman–Crippen MR) is 88.0 cm³/mol. The highest BCUT2D eigenvalue weighted by molar-refractivity contribution is 6.29.